The van der Waals surface area contributed by atoms with Crippen molar-refractivity contribution in [2.75, 3.05) is 18.2 Å². The number of rotatable bonds is 6. The smallest absolute Gasteiger partial charge is 0.319 e. The molecular formula is C14H21FN2O3S. The third-order valence-electron chi connectivity index (χ3n) is 2.81. The van der Waals surface area contributed by atoms with Crippen LogP contribution in [0.5, 0.6) is 0 Å². The van der Waals surface area contributed by atoms with E-state index in [9.17, 15) is 18.5 Å². The molecule has 2 unspecified atom stereocenters. The Kier molecular flexibility index (Phi) is 6.77. The van der Waals surface area contributed by atoms with Gasteiger partial charge in [-0.05, 0) is 30.5 Å². The monoisotopic (exact) mass is 316 g/mol. The van der Waals surface area contributed by atoms with E-state index in [2.05, 4.69) is 10.6 Å². The molecule has 5 nitrogen and oxygen atoms in total. The van der Waals surface area contributed by atoms with Gasteiger partial charge in [0.25, 0.3) is 0 Å². The largest absolute Gasteiger partial charge is 0.394 e. The van der Waals surface area contributed by atoms with E-state index in [1.54, 1.807) is 0 Å². The van der Waals surface area contributed by atoms with Gasteiger partial charge in [0.05, 0.1) is 28.3 Å². The summed E-state index contributed by atoms with van der Waals surface area (Å²) in [6.45, 7) is 3.82. The minimum absolute atomic E-state index is 0.0917. The van der Waals surface area contributed by atoms with Crippen molar-refractivity contribution in [2.45, 2.75) is 31.2 Å². The molecular weight excluding hydrogens is 295 g/mol. The second kappa shape index (κ2) is 8.09. The summed E-state index contributed by atoms with van der Waals surface area (Å²) >= 11 is 0. The topological polar surface area (TPSA) is 78.4 Å². The number of benzene rings is 1. The minimum atomic E-state index is -1.42. The van der Waals surface area contributed by atoms with E-state index in [-0.39, 0.29) is 23.2 Å². The highest BCUT2D eigenvalue weighted by Gasteiger charge is 2.14. The lowest BCUT2D eigenvalue weighted by atomic mass is 10.0. The average Bonchev–Trinajstić information content (AvgIpc) is 2.36. The molecule has 118 valence electrons. The molecule has 3 N–H and O–H groups in total. The van der Waals surface area contributed by atoms with Crippen LogP contribution < -0.4 is 10.6 Å². The summed E-state index contributed by atoms with van der Waals surface area (Å²) < 4.78 is 24.9. The fraction of sp³-hybridized carbons (Fsp3) is 0.500. The normalized spacial score (nSPS) is 13.8. The molecule has 0 radical (unpaired) electrons. The maximum Gasteiger partial charge on any atom is 0.319 e. The first-order valence-electron chi connectivity index (χ1n) is 6.64. The number of carbonyl (C=O) groups is 1. The van der Waals surface area contributed by atoms with Gasteiger partial charge in [-0.1, -0.05) is 13.8 Å². The molecule has 21 heavy (non-hydrogen) atoms. The van der Waals surface area contributed by atoms with Crippen LogP contribution in [0.25, 0.3) is 0 Å². The molecule has 0 spiro atoms. The summed E-state index contributed by atoms with van der Waals surface area (Å²) in [4.78, 5) is 11.9. The number of hydrogen-bond acceptors (Lipinski definition) is 3. The molecule has 0 fully saturated rings. The number of carbonyl (C=O) groups excluding carboxylic acids is 1. The number of aliphatic hydroxyl groups excluding tert-OH is 1. The summed E-state index contributed by atoms with van der Waals surface area (Å²) in [7, 11) is -1.42. The Labute approximate surface area is 126 Å². The molecule has 7 heteroatoms. The second-order valence-electron chi connectivity index (χ2n) is 5.21. The number of urea groups is 1. The Morgan fingerprint density at radius 1 is 1.43 bits per heavy atom. The lowest BCUT2D eigenvalue weighted by Crippen LogP contribution is -2.41. The summed E-state index contributed by atoms with van der Waals surface area (Å²) in [6.07, 6.45) is 2.03. The first kappa shape index (κ1) is 17.6. The van der Waals surface area contributed by atoms with Crippen LogP contribution in [0.2, 0.25) is 0 Å². The quantitative estimate of drug-likeness (QED) is 0.752. The molecule has 0 aliphatic heterocycles. The highest BCUT2D eigenvalue weighted by atomic mass is 32.2. The van der Waals surface area contributed by atoms with Crippen molar-refractivity contribution >= 4 is 22.5 Å². The lowest BCUT2D eigenvalue weighted by molar-refractivity contribution is 0.214. The van der Waals surface area contributed by atoms with Gasteiger partial charge in [-0.2, -0.15) is 0 Å². The third-order valence-corrected chi connectivity index (χ3v) is 3.76. The fourth-order valence-electron chi connectivity index (χ4n) is 1.91. The number of nitrogens with one attached hydrogen (secondary N) is 2. The molecule has 0 aliphatic carbocycles. The van der Waals surface area contributed by atoms with Crippen molar-refractivity contribution in [3.05, 3.63) is 24.0 Å². The third kappa shape index (κ3) is 5.81. The van der Waals surface area contributed by atoms with Crippen LogP contribution in [0.3, 0.4) is 0 Å². The summed E-state index contributed by atoms with van der Waals surface area (Å²) in [5.41, 5.74) is 0.264. The Morgan fingerprint density at radius 2 is 2.10 bits per heavy atom. The van der Waals surface area contributed by atoms with Gasteiger partial charge < -0.3 is 15.7 Å². The van der Waals surface area contributed by atoms with E-state index in [1.165, 1.54) is 18.4 Å². The first-order chi connectivity index (χ1) is 9.83. The van der Waals surface area contributed by atoms with E-state index in [4.69, 9.17) is 0 Å². The maximum absolute atomic E-state index is 13.6. The highest BCUT2D eigenvalue weighted by molar-refractivity contribution is 7.84. The number of halogens is 1. The van der Waals surface area contributed by atoms with Gasteiger partial charge in [-0.15, -0.1) is 0 Å². The van der Waals surface area contributed by atoms with E-state index >= 15 is 0 Å². The molecule has 0 heterocycles. The van der Waals surface area contributed by atoms with Gasteiger partial charge in [-0.3, -0.25) is 4.21 Å². The van der Waals surface area contributed by atoms with Crippen LogP contribution in [0.15, 0.2) is 23.1 Å². The fourth-order valence-corrected chi connectivity index (χ4v) is 2.51. The van der Waals surface area contributed by atoms with E-state index in [1.807, 2.05) is 13.8 Å². The molecule has 2 atom stereocenters. The summed E-state index contributed by atoms with van der Waals surface area (Å²) in [5, 5.41) is 14.3. The molecule has 2 amide bonds. The first-order valence-corrected chi connectivity index (χ1v) is 8.20. The maximum atomic E-state index is 13.6. The van der Waals surface area contributed by atoms with Gasteiger partial charge in [-0.25, -0.2) is 9.18 Å². The van der Waals surface area contributed by atoms with Crippen LogP contribution in [0, 0.1) is 11.7 Å². The zero-order valence-corrected chi connectivity index (χ0v) is 13.2. The molecule has 1 aromatic carbocycles. The Hall–Kier alpha value is -1.47. The Morgan fingerprint density at radius 3 is 2.57 bits per heavy atom. The lowest BCUT2D eigenvalue weighted by Gasteiger charge is -2.18. The molecule has 0 aromatic heterocycles. The molecule has 1 aromatic rings. The molecule has 0 bridgehead atoms. The van der Waals surface area contributed by atoms with Gasteiger partial charge in [0, 0.05) is 11.9 Å². The minimum Gasteiger partial charge on any atom is -0.394 e. The predicted octanol–water partition coefficient (Wildman–Crippen LogP) is 2.09. The van der Waals surface area contributed by atoms with Crippen LogP contribution in [-0.4, -0.2) is 34.3 Å². The Balaban J connectivity index is 2.66. The van der Waals surface area contributed by atoms with Crippen LogP contribution in [0.1, 0.15) is 20.3 Å². The van der Waals surface area contributed by atoms with Crippen molar-refractivity contribution < 1.29 is 18.5 Å². The van der Waals surface area contributed by atoms with Crippen LogP contribution in [-0.2, 0) is 10.8 Å². The number of amides is 2. The van der Waals surface area contributed by atoms with Crippen molar-refractivity contribution in [2.24, 2.45) is 5.92 Å². The second-order valence-corrected chi connectivity index (χ2v) is 6.55. The Bertz CT molecular complexity index is 523. The molecule has 1 rings (SSSR count). The van der Waals surface area contributed by atoms with Gasteiger partial charge in [0.15, 0.2) is 0 Å². The van der Waals surface area contributed by atoms with E-state index < -0.39 is 22.6 Å². The number of aliphatic hydroxyl groups is 1. The SMILES string of the molecule is CC(C)CC(CO)NC(=O)Nc1ccc(S(C)=O)c(F)c1. The highest BCUT2D eigenvalue weighted by Crippen LogP contribution is 2.17. The summed E-state index contributed by atoms with van der Waals surface area (Å²) in [5.74, 6) is -0.298. The standard InChI is InChI=1S/C14H21FN2O3S/c1-9(2)6-11(8-18)17-14(19)16-10-4-5-13(21(3)20)12(15)7-10/h4-5,7,9,11,18H,6,8H2,1-3H3,(H2,16,17,19). The van der Waals surface area contributed by atoms with E-state index in [0.717, 1.165) is 6.07 Å². The predicted molar refractivity (Wildman–Crippen MR) is 81.2 cm³/mol. The molecule has 0 saturated carbocycles. The van der Waals surface area contributed by atoms with Crippen LogP contribution in [0.4, 0.5) is 14.9 Å². The van der Waals surface area contributed by atoms with Crippen molar-refractivity contribution in [3.8, 4) is 0 Å². The average molecular weight is 316 g/mol. The van der Waals surface area contributed by atoms with Crippen LogP contribution >= 0.6 is 0 Å². The number of hydrogen-bond donors (Lipinski definition) is 3. The number of anilines is 1. The molecule has 0 saturated heterocycles. The molecule has 0 aliphatic rings. The summed E-state index contributed by atoms with van der Waals surface area (Å²) in [6, 6.07) is 3.11. The van der Waals surface area contributed by atoms with Crippen molar-refractivity contribution in [3.63, 3.8) is 0 Å². The van der Waals surface area contributed by atoms with Crippen molar-refractivity contribution in [1.29, 1.82) is 0 Å². The van der Waals surface area contributed by atoms with Gasteiger partial charge in [0.2, 0.25) is 0 Å². The van der Waals surface area contributed by atoms with Gasteiger partial charge in [0.1, 0.15) is 5.82 Å². The van der Waals surface area contributed by atoms with E-state index in [0.29, 0.717) is 12.3 Å². The van der Waals surface area contributed by atoms with Gasteiger partial charge >= 0.3 is 6.03 Å². The zero-order valence-electron chi connectivity index (χ0n) is 12.4. The van der Waals surface area contributed by atoms with Crippen molar-refractivity contribution in [1.82, 2.24) is 5.32 Å². The zero-order chi connectivity index (χ0) is 16.0.